The van der Waals surface area contributed by atoms with Gasteiger partial charge in [0, 0.05) is 17.7 Å². The predicted octanol–water partition coefficient (Wildman–Crippen LogP) is 3.60. The van der Waals surface area contributed by atoms with Crippen LogP contribution >= 0.6 is 0 Å². The first-order valence-electron chi connectivity index (χ1n) is 8.74. The van der Waals surface area contributed by atoms with E-state index in [1.54, 1.807) is 21.1 Å². The second-order valence-corrected chi connectivity index (χ2v) is 6.51. The molecule has 3 rings (SSSR count). The Labute approximate surface area is 158 Å². The second-order valence-electron chi connectivity index (χ2n) is 6.51. The number of hydrogen-bond donors (Lipinski definition) is 1. The quantitative estimate of drug-likeness (QED) is 0.622. The molecule has 1 N–H and O–H groups in total. The van der Waals surface area contributed by atoms with Crippen LogP contribution in [0.5, 0.6) is 11.5 Å². The molecule has 0 spiro atoms. The normalized spacial score (nSPS) is 15.8. The molecule has 0 aliphatic heterocycles. The van der Waals surface area contributed by atoms with E-state index in [0.29, 0.717) is 41.2 Å². The summed E-state index contributed by atoms with van der Waals surface area (Å²) in [5.74, 6) is 0.821. The van der Waals surface area contributed by atoms with E-state index in [0.717, 1.165) is 11.3 Å². The molecule has 0 radical (unpaired) electrons. The molecular weight excluding hydrogens is 346 g/mol. The molecular formula is C21H23NO5. The summed E-state index contributed by atoms with van der Waals surface area (Å²) in [5.41, 5.74) is 3.36. The minimum Gasteiger partial charge on any atom is -0.493 e. The maximum atomic E-state index is 12.8. The maximum Gasteiger partial charge on any atom is 0.355 e. The fraction of sp³-hybridized carbons (Fsp3) is 0.333. The number of ether oxygens (including phenoxy) is 3. The molecule has 1 atom stereocenters. The largest absolute Gasteiger partial charge is 0.493 e. The van der Waals surface area contributed by atoms with Crippen molar-refractivity contribution in [2.75, 3.05) is 20.8 Å². The number of aromatic amines is 1. The Balaban J connectivity index is 1.91. The first kappa shape index (κ1) is 18.8. The fourth-order valence-electron chi connectivity index (χ4n) is 3.59. The van der Waals surface area contributed by atoms with Crippen LogP contribution in [0.2, 0.25) is 0 Å². The number of fused-ring (bicyclic) bond motifs is 1. The summed E-state index contributed by atoms with van der Waals surface area (Å²) >= 11 is 0. The smallest absolute Gasteiger partial charge is 0.355 e. The van der Waals surface area contributed by atoms with Gasteiger partial charge >= 0.3 is 5.97 Å². The maximum absolute atomic E-state index is 12.8. The van der Waals surface area contributed by atoms with Gasteiger partial charge in [-0.3, -0.25) is 4.79 Å². The lowest BCUT2D eigenvalue weighted by Gasteiger charge is -2.23. The number of hydrogen-bond acceptors (Lipinski definition) is 5. The molecule has 1 aliphatic carbocycles. The fourth-order valence-corrected chi connectivity index (χ4v) is 3.59. The second kappa shape index (κ2) is 7.70. The third-order valence-corrected chi connectivity index (χ3v) is 4.90. The molecule has 0 amide bonds. The molecule has 0 bridgehead atoms. The van der Waals surface area contributed by atoms with Gasteiger partial charge in [0.25, 0.3) is 0 Å². The van der Waals surface area contributed by atoms with Gasteiger partial charge in [0.05, 0.1) is 14.2 Å². The van der Waals surface area contributed by atoms with Gasteiger partial charge in [0.1, 0.15) is 12.3 Å². The Morgan fingerprint density at radius 3 is 2.67 bits per heavy atom. The molecule has 2 aromatic rings. The van der Waals surface area contributed by atoms with E-state index in [4.69, 9.17) is 14.2 Å². The van der Waals surface area contributed by atoms with Crippen LogP contribution in [-0.4, -0.2) is 37.6 Å². The summed E-state index contributed by atoms with van der Waals surface area (Å²) in [6.07, 6.45) is 2.52. The highest BCUT2D eigenvalue weighted by Crippen LogP contribution is 2.38. The Bertz CT molecular complexity index is 896. The first-order chi connectivity index (χ1) is 13.0. The van der Waals surface area contributed by atoms with Crippen molar-refractivity contribution >= 4 is 11.8 Å². The molecule has 27 heavy (non-hydrogen) atoms. The lowest BCUT2D eigenvalue weighted by molar-refractivity contribution is 0.0542. The third-order valence-electron chi connectivity index (χ3n) is 4.90. The van der Waals surface area contributed by atoms with Crippen molar-refractivity contribution in [2.24, 2.45) is 0 Å². The monoisotopic (exact) mass is 369 g/mol. The van der Waals surface area contributed by atoms with E-state index in [2.05, 4.69) is 11.6 Å². The van der Waals surface area contributed by atoms with Crippen molar-refractivity contribution in [3.63, 3.8) is 0 Å². The van der Waals surface area contributed by atoms with E-state index in [1.807, 2.05) is 18.2 Å². The standard InChI is InChI=1S/C21H23NO5/c1-5-8-27-21(24)20-12(2)19-15(22-20)9-14(10-16(19)23)13-6-7-17(25-3)18(11-13)26-4/h5-7,11,14,22H,1,8-10H2,2-4H3/t14-/m0/s1. The average molecular weight is 369 g/mol. The Morgan fingerprint density at radius 2 is 2.00 bits per heavy atom. The molecule has 1 aromatic carbocycles. The number of carbonyl (C=O) groups excluding carboxylic acids is 2. The number of rotatable bonds is 6. The van der Waals surface area contributed by atoms with Crippen molar-refractivity contribution in [3.05, 3.63) is 58.9 Å². The van der Waals surface area contributed by atoms with Gasteiger partial charge in [-0.1, -0.05) is 18.7 Å². The summed E-state index contributed by atoms with van der Waals surface area (Å²) in [5, 5.41) is 0. The third kappa shape index (κ3) is 3.47. The molecule has 6 nitrogen and oxygen atoms in total. The number of Topliss-reactive ketones (excluding diaryl/α,β-unsaturated/α-hetero) is 1. The van der Waals surface area contributed by atoms with Crippen LogP contribution in [0.25, 0.3) is 0 Å². The van der Waals surface area contributed by atoms with Gasteiger partial charge in [-0.25, -0.2) is 4.79 Å². The van der Waals surface area contributed by atoms with Crippen LogP contribution in [0.15, 0.2) is 30.9 Å². The summed E-state index contributed by atoms with van der Waals surface area (Å²) in [6.45, 7) is 5.44. The highest BCUT2D eigenvalue weighted by molar-refractivity contribution is 6.03. The molecule has 142 valence electrons. The summed E-state index contributed by atoms with van der Waals surface area (Å²) in [6, 6.07) is 5.68. The van der Waals surface area contributed by atoms with Crippen LogP contribution in [0.3, 0.4) is 0 Å². The van der Waals surface area contributed by atoms with Crippen LogP contribution in [0.4, 0.5) is 0 Å². The zero-order chi connectivity index (χ0) is 19.6. The van der Waals surface area contributed by atoms with E-state index in [9.17, 15) is 9.59 Å². The number of carbonyl (C=O) groups is 2. The van der Waals surface area contributed by atoms with Crippen molar-refractivity contribution in [3.8, 4) is 11.5 Å². The Hall–Kier alpha value is -3.02. The van der Waals surface area contributed by atoms with Crippen LogP contribution in [0, 0.1) is 6.92 Å². The molecule has 0 saturated heterocycles. The molecule has 1 aliphatic rings. The van der Waals surface area contributed by atoms with E-state index >= 15 is 0 Å². The van der Waals surface area contributed by atoms with Gasteiger partial charge < -0.3 is 19.2 Å². The topological polar surface area (TPSA) is 77.6 Å². The van der Waals surface area contributed by atoms with E-state index in [1.165, 1.54) is 6.08 Å². The SMILES string of the molecule is C=CCOC(=O)c1[nH]c2c(c1C)C(=O)C[C@@H](c1ccc(OC)c(OC)c1)C2. The number of ketones is 1. The lowest BCUT2D eigenvalue weighted by Crippen LogP contribution is -2.18. The van der Waals surface area contributed by atoms with Gasteiger partial charge in [0.15, 0.2) is 17.3 Å². The minimum absolute atomic E-state index is 0.0000910. The van der Waals surface area contributed by atoms with Crippen molar-refractivity contribution in [2.45, 2.75) is 25.7 Å². The first-order valence-corrected chi connectivity index (χ1v) is 8.74. The Kier molecular flexibility index (Phi) is 5.35. The van der Waals surface area contributed by atoms with E-state index in [-0.39, 0.29) is 18.3 Å². The molecule has 0 unspecified atom stereocenters. The highest BCUT2D eigenvalue weighted by atomic mass is 16.5. The number of nitrogens with one attached hydrogen (secondary N) is 1. The summed E-state index contributed by atoms with van der Waals surface area (Å²) in [7, 11) is 3.17. The van der Waals surface area contributed by atoms with E-state index < -0.39 is 5.97 Å². The number of benzene rings is 1. The summed E-state index contributed by atoms with van der Waals surface area (Å²) < 4.78 is 15.8. The minimum atomic E-state index is -0.475. The average Bonchev–Trinajstić information content (AvgIpc) is 3.02. The predicted molar refractivity (Wildman–Crippen MR) is 101 cm³/mol. The Morgan fingerprint density at radius 1 is 1.26 bits per heavy atom. The summed E-state index contributed by atoms with van der Waals surface area (Å²) in [4.78, 5) is 28.1. The number of esters is 1. The molecule has 0 fully saturated rings. The molecule has 1 aromatic heterocycles. The molecule has 0 saturated carbocycles. The van der Waals surface area contributed by atoms with Crippen molar-refractivity contribution in [1.82, 2.24) is 4.98 Å². The number of H-pyrrole nitrogens is 1. The zero-order valence-electron chi connectivity index (χ0n) is 15.8. The number of aromatic nitrogens is 1. The van der Waals surface area contributed by atoms with Crippen molar-refractivity contribution < 1.29 is 23.8 Å². The molecule has 1 heterocycles. The van der Waals surface area contributed by atoms with Gasteiger partial charge in [-0.15, -0.1) is 0 Å². The zero-order valence-corrected chi connectivity index (χ0v) is 15.8. The molecule has 6 heteroatoms. The lowest BCUT2D eigenvalue weighted by atomic mass is 9.81. The highest BCUT2D eigenvalue weighted by Gasteiger charge is 2.32. The van der Waals surface area contributed by atoms with Crippen LogP contribution in [-0.2, 0) is 11.2 Å². The van der Waals surface area contributed by atoms with Gasteiger partial charge in [-0.05, 0) is 42.5 Å². The van der Waals surface area contributed by atoms with Gasteiger partial charge in [0.2, 0.25) is 0 Å². The number of methoxy groups -OCH3 is 2. The van der Waals surface area contributed by atoms with Crippen molar-refractivity contribution in [1.29, 1.82) is 0 Å². The van der Waals surface area contributed by atoms with Crippen LogP contribution in [0.1, 0.15) is 50.0 Å². The van der Waals surface area contributed by atoms with Gasteiger partial charge in [-0.2, -0.15) is 0 Å². The van der Waals surface area contributed by atoms with Crippen LogP contribution < -0.4 is 9.47 Å².